The van der Waals surface area contributed by atoms with Gasteiger partial charge in [0.15, 0.2) is 5.96 Å². The summed E-state index contributed by atoms with van der Waals surface area (Å²) in [6, 6.07) is 16.9. The number of hydrogen-bond acceptors (Lipinski definition) is 5. The molecule has 8 nitrogen and oxygen atoms in total. The summed E-state index contributed by atoms with van der Waals surface area (Å²) in [7, 11) is 3.22. The number of esters is 1. The highest BCUT2D eigenvalue weighted by molar-refractivity contribution is 5.82. The number of nitrogens with zero attached hydrogens (tertiary/aromatic N) is 5. The lowest BCUT2D eigenvalue weighted by Crippen LogP contribution is -2.40. The van der Waals surface area contributed by atoms with E-state index >= 15 is 0 Å². The Kier molecular flexibility index (Phi) is 7.02. The number of methoxy groups -OCH3 is 1. The van der Waals surface area contributed by atoms with Crippen molar-refractivity contribution in [3.05, 3.63) is 72.3 Å². The Morgan fingerprint density at radius 1 is 1.18 bits per heavy atom. The second kappa shape index (κ2) is 10.3. The molecular weight excluding hydrogens is 416 g/mol. The van der Waals surface area contributed by atoms with Crippen molar-refractivity contribution >= 4 is 11.9 Å². The van der Waals surface area contributed by atoms with Gasteiger partial charge in [0.05, 0.1) is 19.6 Å². The predicted molar refractivity (Wildman–Crippen MR) is 127 cm³/mol. The molecule has 33 heavy (non-hydrogen) atoms. The lowest BCUT2D eigenvalue weighted by atomic mass is 9.98. The maximum absolute atomic E-state index is 12.1. The maximum atomic E-state index is 12.1. The maximum Gasteiger partial charge on any atom is 0.310 e. The van der Waals surface area contributed by atoms with E-state index in [4.69, 9.17) is 4.74 Å². The fourth-order valence-corrected chi connectivity index (χ4v) is 4.35. The van der Waals surface area contributed by atoms with E-state index in [0.717, 1.165) is 18.1 Å². The van der Waals surface area contributed by atoms with Crippen LogP contribution in [0.3, 0.4) is 0 Å². The summed E-state index contributed by atoms with van der Waals surface area (Å²) in [5.74, 6) is 0.737. The van der Waals surface area contributed by atoms with Crippen LogP contribution in [-0.2, 0) is 22.6 Å². The molecule has 0 bridgehead atoms. The second-order valence-electron chi connectivity index (χ2n) is 8.36. The number of rotatable bonds is 6. The van der Waals surface area contributed by atoms with Crippen LogP contribution in [0, 0.1) is 11.8 Å². The van der Waals surface area contributed by atoms with Crippen molar-refractivity contribution in [2.75, 3.05) is 27.2 Å². The average Bonchev–Trinajstić information content (AvgIpc) is 3.49. The highest BCUT2D eigenvalue weighted by Gasteiger charge is 2.36. The van der Waals surface area contributed by atoms with Gasteiger partial charge in [0.25, 0.3) is 0 Å². The Hall–Kier alpha value is -3.68. The molecular formula is C25H30N6O2. The van der Waals surface area contributed by atoms with Gasteiger partial charge in [0, 0.05) is 26.7 Å². The van der Waals surface area contributed by atoms with Crippen molar-refractivity contribution in [1.29, 1.82) is 0 Å². The van der Waals surface area contributed by atoms with Gasteiger partial charge in [-0.25, -0.2) is 9.67 Å². The Morgan fingerprint density at radius 3 is 2.67 bits per heavy atom. The third-order valence-electron chi connectivity index (χ3n) is 6.16. The van der Waals surface area contributed by atoms with Gasteiger partial charge in [0.2, 0.25) is 0 Å². The molecule has 2 unspecified atom stereocenters. The first-order chi connectivity index (χ1) is 16.1. The molecule has 1 aliphatic heterocycles. The zero-order valence-corrected chi connectivity index (χ0v) is 19.3. The van der Waals surface area contributed by atoms with E-state index in [-0.39, 0.29) is 17.8 Å². The monoisotopic (exact) mass is 446 g/mol. The fraction of sp³-hybridized carbons (Fsp3) is 0.360. The third kappa shape index (κ3) is 5.22. The summed E-state index contributed by atoms with van der Waals surface area (Å²) in [4.78, 5) is 22.6. The number of nitrogens with one attached hydrogen (secondary N) is 1. The molecule has 0 radical (unpaired) electrons. The topological polar surface area (TPSA) is 84.6 Å². The molecule has 1 aromatic heterocycles. The van der Waals surface area contributed by atoms with E-state index in [2.05, 4.69) is 74.7 Å². The summed E-state index contributed by atoms with van der Waals surface area (Å²) in [5.41, 5.74) is 4.68. The Morgan fingerprint density at radius 2 is 1.97 bits per heavy atom. The number of carbonyl (C=O) groups is 1. The van der Waals surface area contributed by atoms with E-state index in [9.17, 15) is 4.79 Å². The van der Waals surface area contributed by atoms with Gasteiger partial charge < -0.3 is 15.0 Å². The van der Waals surface area contributed by atoms with Crippen LogP contribution >= 0.6 is 0 Å². The van der Waals surface area contributed by atoms with Crippen LogP contribution in [0.1, 0.15) is 18.1 Å². The van der Waals surface area contributed by atoms with Crippen LogP contribution in [0.2, 0.25) is 0 Å². The standard InChI is InChI=1S/C25H30N6O2/c1-18-13-30(15-23(18)24(32)33-3)25(26-2)28-12-21-6-4-5-7-22(21)20-10-8-19(9-11-20)14-31-17-27-16-29-31/h4-11,16-18,23H,12-15H2,1-3H3,(H,26,28). The summed E-state index contributed by atoms with van der Waals surface area (Å²) < 4.78 is 6.77. The van der Waals surface area contributed by atoms with Gasteiger partial charge in [-0.05, 0) is 28.2 Å². The summed E-state index contributed by atoms with van der Waals surface area (Å²) in [6.07, 6.45) is 3.26. The number of likely N-dealkylation sites (tertiary alicyclic amines) is 1. The molecule has 4 rings (SSSR count). The first-order valence-corrected chi connectivity index (χ1v) is 11.1. The van der Waals surface area contributed by atoms with Crippen LogP contribution in [0.4, 0.5) is 0 Å². The average molecular weight is 447 g/mol. The van der Waals surface area contributed by atoms with Gasteiger partial charge in [-0.1, -0.05) is 55.5 Å². The van der Waals surface area contributed by atoms with Crippen molar-refractivity contribution < 1.29 is 9.53 Å². The molecule has 2 heterocycles. The van der Waals surface area contributed by atoms with Crippen LogP contribution in [0.15, 0.2) is 66.2 Å². The molecule has 1 aliphatic rings. The summed E-state index contributed by atoms with van der Waals surface area (Å²) in [5, 5.41) is 7.65. The SMILES string of the molecule is CN=C(NCc1ccccc1-c1ccc(Cn2cncn2)cc1)N1CC(C)C(C(=O)OC)C1. The molecule has 0 amide bonds. The smallest absolute Gasteiger partial charge is 0.310 e. The zero-order chi connectivity index (χ0) is 23.2. The Bertz CT molecular complexity index is 1090. The number of carbonyl (C=O) groups excluding carboxylic acids is 1. The summed E-state index contributed by atoms with van der Waals surface area (Å²) in [6.45, 7) is 4.80. The number of ether oxygens (including phenoxy) is 1. The van der Waals surface area contributed by atoms with Crippen molar-refractivity contribution in [2.24, 2.45) is 16.8 Å². The molecule has 0 saturated carbocycles. The molecule has 2 atom stereocenters. The number of aliphatic imine (C=N–C) groups is 1. The first-order valence-electron chi connectivity index (χ1n) is 11.1. The van der Waals surface area contributed by atoms with Crippen molar-refractivity contribution in [3.63, 3.8) is 0 Å². The van der Waals surface area contributed by atoms with Crippen molar-refractivity contribution in [3.8, 4) is 11.1 Å². The van der Waals surface area contributed by atoms with E-state index in [1.54, 1.807) is 19.7 Å². The van der Waals surface area contributed by atoms with E-state index in [1.165, 1.54) is 23.8 Å². The van der Waals surface area contributed by atoms with Gasteiger partial charge >= 0.3 is 5.97 Å². The van der Waals surface area contributed by atoms with Crippen LogP contribution in [0.25, 0.3) is 11.1 Å². The highest BCUT2D eigenvalue weighted by atomic mass is 16.5. The molecule has 8 heteroatoms. The number of guanidine groups is 1. The number of aromatic nitrogens is 3. The van der Waals surface area contributed by atoms with Gasteiger partial charge in [0.1, 0.15) is 12.7 Å². The zero-order valence-electron chi connectivity index (χ0n) is 19.3. The van der Waals surface area contributed by atoms with Gasteiger partial charge in [-0.2, -0.15) is 5.10 Å². The van der Waals surface area contributed by atoms with Crippen molar-refractivity contribution in [1.82, 2.24) is 25.0 Å². The molecule has 1 N–H and O–H groups in total. The minimum atomic E-state index is -0.155. The Labute approximate surface area is 194 Å². The molecule has 3 aromatic rings. The minimum Gasteiger partial charge on any atom is -0.469 e. The molecule has 1 fully saturated rings. The Balaban J connectivity index is 1.44. The fourth-order valence-electron chi connectivity index (χ4n) is 4.35. The van der Waals surface area contributed by atoms with Crippen LogP contribution in [0.5, 0.6) is 0 Å². The largest absolute Gasteiger partial charge is 0.469 e. The molecule has 0 aliphatic carbocycles. The van der Waals surface area contributed by atoms with E-state index in [1.807, 2.05) is 10.7 Å². The highest BCUT2D eigenvalue weighted by Crippen LogP contribution is 2.26. The lowest BCUT2D eigenvalue weighted by molar-refractivity contribution is -0.145. The van der Waals surface area contributed by atoms with Crippen LogP contribution < -0.4 is 5.32 Å². The summed E-state index contributed by atoms with van der Waals surface area (Å²) >= 11 is 0. The molecule has 1 saturated heterocycles. The normalized spacial score (nSPS) is 18.4. The van der Waals surface area contributed by atoms with Crippen molar-refractivity contribution in [2.45, 2.75) is 20.0 Å². The second-order valence-corrected chi connectivity index (χ2v) is 8.36. The van der Waals surface area contributed by atoms with Crippen LogP contribution in [-0.4, -0.2) is 58.8 Å². The molecule has 2 aromatic carbocycles. The minimum absolute atomic E-state index is 0.128. The quantitative estimate of drug-likeness (QED) is 0.356. The lowest BCUT2D eigenvalue weighted by Gasteiger charge is -2.22. The number of hydrogen-bond donors (Lipinski definition) is 1. The van der Waals surface area contributed by atoms with Gasteiger partial charge in [-0.15, -0.1) is 0 Å². The molecule has 0 spiro atoms. The van der Waals surface area contributed by atoms with Gasteiger partial charge in [-0.3, -0.25) is 9.79 Å². The molecule has 172 valence electrons. The third-order valence-corrected chi connectivity index (χ3v) is 6.16. The predicted octanol–water partition coefficient (Wildman–Crippen LogP) is 2.81. The first kappa shape index (κ1) is 22.5. The number of benzene rings is 2. The van der Waals surface area contributed by atoms with E-state index in [0.29, 0.717) is 19.6 Å². The van der Waals surface area contributed by atoms with E-state index < -0.39 is 0 Å².